The van der Waals surface area contributed by atoms with Crippen LogP contribution in [-0.2, 0) is 9.53 Å². The maximum Gasteiger partial charge on any atom is 0.306 e. The zero-order valence-corrected chi connectivity index (χ0v) is 8.22. The van der Waals surface area contributed by atoms with Crippen molar-refractivity contribution in [2.75, 3.05) is 19.1 Å². The van der Waals surface area contributed by atoms with Crippen LogP contribution in [0, 0.1) is 0 Å². The van der Waals surface area contributed by atoms with Crippen molar-refractivity contribution in [3.8, 4) is 0 Å². The molecule has 0 atom stereocenters. The Labute approximate surface area is 71.1 Å². The Kier molecular flexibility index (Phi) is 4.49. The first-order valence-corrected chi connectivity index (χ1v) is 6.54. The van der Waals surface area contributed by atoms with Gasteiger partial charge in [0.25, 0.3) is 0 Å². The monoisotopic (exact) mass is 204 g/mol. The molecular formula is C5H10Cl2O2S. The predicted octanol–water partition coefficient (Wildman–Crippen LogP) is 2.29. The third kappa shape index (κ3) is 6.52. The van der Waals surface area contributed by atoms with Crippen molar-refractivity contribution in [2.24, 2.45) is 0 Å². The lowest BCUT2D eigenvalue weighted by atomic mass is 10.5. The SMILES string of the molecule is COC(=O)CCS(C)(Cl)Cl. The summed E-state index contributed by atoms with van der Waals surface area (Å²) < 4.78 is 4.40. The molecule has 62 valence electrons. The molecule has 0 aliphatic carbocycles. The highest BCUT2D eigenvalue weighted by Crippen LogP contribution is 2.54. The van der Waals surface area contributed by atoms with Gasteiger partial charge in [0.1, 0.15) is 0 Å². The predicted molar refractivity (Wildman–Crippen MR) is 46.7 cm³/mol. The van der Waals surface area contributed by atoms with Crippen molar-refractivity contribution in [2.45, 2.75) is 6.42 Å². The van der Waals surface area contributed by atoms with Crippen molar-refractivity contribution < 1.29 is 9.53 Å². The Bertz CT molecular complexity index is 121. The second-order valence-electron chi connectivity index (χ2n) is 1.90. The van der Waals surface area contributed by atoms with Crippen LogP contribution in [0.25, 0.3) is 0 Å². The zero-order valence-electron chi connectivity index (χ0n) is 5.89. The van der Waals surface area contributed by atoms with Crippen LogP contribution in [-0.4, -0.2) is 25.1 Å². The highest BCUT2D eigenvalue weighted by Gasteiger charge is 2.12. The Morgan fingerprint density at radius 3 is 2.40 bits per heavy atom. The van der Waals surface area contributed by atoms with Crippen LogP contribution < -0.4 is 0 Å². The lowest BCUT2D eigenvalue weighted by Gasteiger charge is -2.16. The van der Waals surface area contributed by atoms with E-state index < -0.39 is 8.46 Å². The summed E-state index contributed by atoms with van der Waals surface area (Å²) in [4.78, 5) is 10.5. The van der Waals surface area contributed by atoms with Gasteiger partial charge in [-0.05, 0) is 6.26 Å². The lowest BCUT2D eigenvalue weighted by Crippen LogP contribution is -2.03. The minimum absolute atomic E-state index is 0.264. The fraction of sp³-hybridized carbons (Fsp3) is 0.800. The molecule has 2 nitrogen and oxygen atoms in total. The molecule has 0 fully saturated rings. The number of esters is 1. The quantitative estimate of drug-likeness (QED) is 0.660. The molecule has 0 rings (SSSR count). The molecule has 0 amide bonds. The summed E-state index contributed by atoms with van der Waals surface area (Å²) in [5.41, 5.74) is 0. The normalized spacial score (nSPS) is 12.8. The van der Waals surface area contributed by atoms with E-state index in [0.717, 1.165) is 0 Å². The zero-order chi connectivity index (χ0) is 8.20. The minimum atomic E-state index is -1.59. The summed E-state index contributed by atoms with van der Waals surface area (Å²) in [5.74, 6) is 0.239. The van der Waals surface area contributed by atoms with Gasteiger partial charge in [0.05, 0.1) is 13.5 Å². The number of halogens is 2. The molecule has 0 bridgehead atoms. The van der Waals surface area contributed by atoms with Crippen molar-refractivity contribution in [3.63, 3.8) is 0 Å². The standard InChI is InChI=1S/C5H10Cl2O2S/c1-9-5(8)3-4-10(2,6)7/h3-4H2,1-2H3. The van der Waals surface area contributed by atoms with E-state index >= 15 is 0 Å². The Hall–Kier alpha value is 0.400. The van der Waals surface area contributed by atoms with E-state index in [2.05, 4.69) is 4.74 Å². The van der Waals surface area contributed by atoms with Crippen LogP contribution in [0.4, 0.5) is 0 Å². The molecule has 0 aromatic rings. The van der Waals surface area contributed by atoms with Crippen molar-refractivity contribution in [1.29, 1.82) is 0 Å². The topological polar surface area (TPSA) is 26.3 Å². The average Bonchev–Trinajstić information content (AvgIpc) is 1.81. The molecule has 0 unspecified atom stereocenters. The molecule has 0 aliphatic heterocycles. The van der Waals surface area contributed by atoms with Gasteiger partial charge < -0.3 is 4.74 Å². The molecule has 5 heteroatoms. The van der Waals surface area contributed by atoms with Crippen LogP contribution in [0.15, 0.2) is 0 Å². The van der Waals surface area contributed by atoms with E-state index in [1.807, 2.05) is 0 Å². The number of methoxy groups -OCH3 is 1. The van der Waals surface area contributed by atoms with Crippen molar-refractivity contribution >= 4 is 35.8 Å². The van der Waals surface area contributed by atoms with Gasteiger partial charge in [-0.3, -0.25) is 4.79 Å². The first-order valence-electron chi connectivity index (χ1n) is 2.68. The molecule has 0 spiro atoms. The fourth-order valence-corrected chi connectivity index (χ4v) is 1.35. The van der Waals surface area contributed by atoms with Gasteiger partial charge >= 0.3 is 5.97 Å². The van der Waals surface area contributed by atoms with E-state index in [0.29, 0.717) is 12.2 Å². The summed E-state index contributed by atoms with van der Waals surface area (Å²) in [5, 5.41) is 0. The number of ether oxygens (including phenoxy) is 1. The Morgan fingerprint density at radius 1 is 1.60 bits per heavy atom. The third-order valence-electron chi connectivity index (χ3n) is 0.892. The van der Waals surface area contributed by atoms with Crippen molar-refractivity contribution in [3.05, 3.63) is 0 Å². The van der Waals surface area contributed by atoms with E-state index in [4.69, 9.17) is 21.4 Å². The third-order valence-corrected chi connectivity index (χ3v) is 2.74. The summed E-state index contributed by atoms with van der Waals surface area (Å²) in [6.45, 7) is 0. The van der Waals surface area contributed by atoms with Gasteiger partial charge in [-0.2, -0.15) is 0 Å². The molecule has 10 heavy (non-hydrogen) atoms. The Morgan fingerprint density at radius 2 is 2.10 bits per heavy atom. The van der Waals surface area contributed by atoms with Crippen LogP contribution >= 0.6 is 29.8 Å². The number of carbonyl (C=O) groups excluding carboxylic acids is 1. The number of hydrogen-bond acceptors (Lipinski definition) is 2. The summed E-state index contributed by atoms with van der Waals surface area (Å²) >= 11 is 0. The van der Waals surface area contributed by atoms with Gasteiger partial charge in [-0.1, -0.05) is 29.8 Å². The highest BCUT2D eigenvalue weighted by molar-refractivity contribution is 8.65. The second kappa shape index (κ2) is 4.31. The van der Waals surface area contributed by atoms with Gasteiger partial charge in [-0.25, -0.2) is 0 Å². The highest BCUT2D eigenvalue weighted by atomic mass is 36.0. The van der Waals surface area contributed by atoms with Gasteiger partial charge in [0.2, 0.25) is 0 Å². The molecular weight excluding hydrogens is 195 g/mol. The maximum atomic E-state index is 10.5. The Balaban J connectivity index is 3.46. The first kappa shape index (κ1) is 10.4. The summed E-state index contributed by atoms with van der Waals surface area (Å²) in [7, 11) is 11.1. The molecule has 0 heterocycles. The van der Waals surface area contributed by atoms with Gasteiger partial charge in [0.15, 0.2) is 0 Å². The maximum absolute atomic E-state index is 10.5. The molecule has 0 N–H and O–H groups in total. The second-order valence-corrected chi connectivity index (χ2v) is 8.62. The van der Waals surface area contributed by atoms with Crippen LogP contribution in [0.5, 0.6) is 0 Å². The van der Waals surface area contributed by atoms with Crippen LogP contribution in [0.1, 0.15) is 6.42 Å². The number of carbonyl (C=O) groups is 1. The fourth-order valence-electron chi connectivity index (χ4n) is 0.365. The van der Waals surface area contributed by atoms with E-state index in [1.54, 1.807) is 6.26 Å². The van der Waals surface area contributed by atoms with Crippen LogP contribution in [0.2, 0.25) is 0 Å². The average molecular weight is 205 g/mol. The van der Waals surface area contributed by atoms with Gasteiger partial charge in [0, 0.05) is 5.75 Å². The van der Waals surface area contributed by atoms with E-state index in [-0.39, 0.29) is 5.97 Å². The minimum Gasteiger partial charge on any atom is -0.469 e. The molecule has 0 radical (unpaired) electrons. The molecule has 0 aromatic heterocycles. The van der Waals surface area contributed by atoms with E-state index in [9.17, 15) is 4.79 Å². The number of rotatable bonds is 3. The lowest BCUT2D eigenvalue weighted by molar-refractivity contribution is -0.140. The van der Waals surface area contributed by atoms with Crippen molar-refractivity contribution in [1.82, 2.24) is 0 Å². The summed E-state index contributed by atoms with van der Waals surface area (Å²) in [6, 6.07) is 0. The molecule has 0 saturated heterocycles. The first-order chi connectivity index (χ1) is 4.45. The van der Waals surface area contributed by atoms with Gasteiger partial charge in [-0.15, -0.1) is 0 Å². The molecule has 0 aliphatic rings. The molecule has 0 aromatic carbocycles. The molecule has 0 saturated carbocycles. The van der Waals surface area contributed by atoms with E-state index in [1.165, 1.54) is 7.11 Å². The van der Waals surface area contributed by atoms with Crippen LogP contribution in [0.3, 0.4) is 0 Å². The smallest absolute Gasteiger partial charge is 0.306 e. The number of hydrogen-bond donors (Lipinski definition) is 0. The largest absolute Gasteiger partial charge is 0.469 e. The summed E-state index contributed by atoms with van der Waals surface area (Å²) in [6.07, 6.45) is 2.02.